The molecule has 28 heavy (non-hydrogen) atoms. The minimum Gasteiger partial charge on any atom is -0.338 e. The Bertz CT molecular complexity index is 964. The molecule has 144 valence electrons. The van der Waals surface area contributed by atoms with Gasteiger partial charge in [0.2, 0.25) is 5.95 Å². The lowest BCUT2D eigenvalue weighted by Gasteiger charge is -2.34. The van der Waals surface area contributed by atoms with Crippen LogP contribution in [0.5, 0.6) is 0 Å². The van der Waals surface area contributed by atoms with Crippen molar-refractivity contribution in [1.82, 2.24) is 29.6 Å². The first-order chi connectivity index (χ1) is 13.7. The van der Waals surface area contributed by atoms with E-state index in [0.717, 1.165) is 55.5 Å². The first-order valence-corrected chi connectivity index (χ1v) is 9.43. The molecule has 1 aliphatic rings. The number of hydrogen-bond donors (Lipinski definition) is 0. The molecule has 0 radical (unpaired) electrons. The fourth-order valence-electron chi connectivity index (χ4n) is 3.23. The van der Waals surface area contributed by atoms with Crippen LogP contribution in [0.3, 0.4) is 0 Å². The molecule has 4 heterocycles. The molecule has 3 aromatic rings. The molecule has 0 spiro atoms. The van der Waals surface area contributed by atoms with Crippen molar-refractivity contribution in [3.05, 3.63) is 65.0 Å². The molecule has 3 aromatic heterocycles. The molecule has 0 amide bonds. The molecule has 0 N–H and O–H groups in total. The lowest BCUT2D eigenvalue weighted by Crippen LogP contribution is -2.48. The fourth-order valence-corrected chi connectivity index (χ4v) is 3.23. The Kier molecular flexibility index (Phi) is 5.38. The molecular formula is C20H23N7O. The van der Waals surface area contributed by atoms with Crippen LogP contribution in [-0.2, 0) is 6.54 Å². The molecule has 8 heteroatoms. The van der Waals surface area contributed by atoms with Gasteiger partial charge in [-0.3, -0.25) is 14.7 Å². The highest BCUT2D eigenvalue weighted by Crippen LogP contribution is 2.13. The van der Waals surface area contributed by atoms with E-state index in [4.69, 9.17) is 0 Å². The summed E-state index contributed by atoms with van der Waals surface area (Å²) < 4.78 is 1.54. The van der Waals surface area contributed by atoms with Gasteiger partial charge in [0.05, 0.1) is 12.2 Å². The second kappa shape index (κ2) is 8.26. The smallest absolute Gasteiger partial charge is 0.266 e. The Morgan fingerprint density at radius 3 is 2.46 bits per heavy atom. The van der Waals surface area contributed by atoms with E-state index in [0.29, 0.717) is 6.54 Å². The van der Waals surface area contributed by atoms with Crippen LogP contribution in [0.1, 0.15) is 5.56 Å². The van der Waals surface area contributed by atoms with Crippen molar-refractivity contribution < 1.29 is 0 Å². The molecule has 1 fully saturated rings. The van der Waals surface area contributed by atoms with Gasteiger partial charge in [0.15, 0.2) is 0 Å². The molecule has 0 bridgehead atoms. The SMILES string of the molecule is Cc1cnc(N2CCN(CCn3nc(-c4cccnc4)ccc3=O)CC2)nc1. The van der Waals surface area contributed by atoms with E-state index in [-0.39, 0.29) is 5.56 Å². The van der Waals surface area contributed by atoms with Gasteiger partial charge in [0.25, 0.3) is 5.56 Å². The zero-order valence-electron chi connectivity index (χ0n) is 15.9. The van der Waals surface area contributed by atoms with Crippen molar-refractivity contribution in [3.63, 3.8) is 0 Å². The maximum atomic E-state index is 12.2. The van der Waals surface area contributed by atoms with E-state index < -0.39 is 0 Å². The van der Waals surface area contributed by atoms with Gasteiger partial charge in [-0.05, 0) is 30.7 Å². The predicted octanol–water partition coefficient (Wildman–Crippen LogP) is 1.23. The Morgan fingerprint density at radius 2 is 1.75 bits per heavy atom. The highest BCUT2D eigenvalue weighted by molar-refractivity contribution is 5.56. The molecule has 0 atom stereocenters. The number of anilines is 1. The summed E-state index contributed by atoms with van der Waals surface area (Å²) in [5.74, 6) is 0.785. The van der Waals surface area contributed by atoms with Gasteiger partial charge in [-0.15, -0.1) is 0 Å². The maximum absolute atomic E-state index is 12.2. The van der Waals surface area contributed by atoms with Crippen LogP contribution in [0, 0.1) is 6.92 Å². The number of piperazine rings is 1. The summed E-state index contributed by atoms with van der Waals surface area (Å²) in [7, 11) is 0. The number of pyridine rings is 1. The number of aromatic nitrogens is 5. The normalized spacial score (nSPS) is 15.0. The summed E-state index contributed by atoms with van der Waals surface area (Å²) in [6, 6.07) is 7.12. The first kappa shape index (κ1) is 18.2. The molecule has 0 unspecified atom stereocenters. The first-order valence-electron chi connectivity index (χ1n) is 9.43. The van der Waals surface area contributed by atoms with E-state index in [2.05, 4.69) is 29.9 Å². The molecule has 0 aromatic carbocycles. The van der Waals surface area contributed by atoms with E-state index in [1.54, 1.807) is 24.5 Å². The summed E-state index contributed by atoms with van der Waals surface area (Å²) in [5, 5.41) is 4.50. The zero-order valence-corrected chi connectivity index (χ0v) is 15.9. The van der Waals surface area contributed by atoms with E-state index in [1.165, 1.54) is 4.68 Å². The van der Waals surface area contributed by atoms with Crippen LogP contribution < -0.4 is 10.5 Å². The maximum Gasteiger partial charge on any atom is 0.266 e. The van der Waals surface area contributed by atoms with Crippen molar-refractivity contribution >= 4 is 5.95 Å². The van der Waals surface area contributed by atoms with Gasteiger partial charge in [0.1, 0.15) is 0 Å². The van der Waals surface area contributed by atoms with Gasteiger partial charge in [0, 0.05) is 69.1 Å². The van der Waals surface area contributed by atoms with E-state index in [1.807, 2.05) is 31.5 Å². The van der Waals surface area contributed by atoms with Gasteiger partial charge in [-0.2, -0.15) is 5.10 Å². The van der Waals surface area contributed by atoms with Crippen molar-refractivity contribution in [2.24, 2.45) is 0 Å². The van der Waals surface area contributed by atoms with Crippen molar-refractivity contribution in [1.29, 1.82) is 0 Å². The highest BCUT2D eigenvalue weighted by Gasteiger charge is 2.18. The molecule has 1 aliphatic heterocycles. The number of aryl methyl sites for hydroxylation is 1. The van der Waals surface area contributed by atoms with Crippen LogP contribution >= 0.6 is 0 Å². The molecule has 8 nitrogen and oxygen atoms in total. The van der Waals surface area contributed by atoms with Crippen LogP contribution in [0.4, 0.5) is 5.95 Å². The largest absolute Gasteiger partial charge is 0.338 e. The summed E-state index contributed by atoms with van der Waals surface area (Å²) in [6.07, 6.45) is 7.18. The van der Waals surface area contributed by atoms with Crippen LogP contribution in [0.2, 0.25) is 0 Å². The lowest BCUT2D eigenvalue weighted by atomic mass is 10.2. The van der Waals surface area contributed by atoms with Crippen LogP contribution in [0.25, 0.3) is 11.3 Å². The molecule has 0 aliphatic carbocycles. The van der Waals surface area contributed by atoms with Crippen molar-refractivity contribution in [3.8, 4) is 11.3 Å². The van der Waals surface area contributed by atoms with Gasteiger partial charge in [-0.1, -0.05) is 0 Å². The third-order valence-corrected chi connectivity index (χ3v) is 4.87. The van der Waals surface area contributed by atoms with E-state index in [9.17, 15) is 4.79 Å². The average Bonchev–Trinajstić information content (AvgIpc) is 2.75. The summed E-state index contributed by atoms with van der Waals surface area (Å²) in [5.41, 5.74) is 2.64. The highest BCUT2D eigenvalue weighted by atomic mass is 16.1. The summed E-state index contributed by atoms with van der Waals surface area (Å²) >= 11 is 0. The zero-order chi connectivity index (χ0) is 19.3. The second-order valence-electron chi connectivity index (χ2n) is 6.91. The Balaban J connectivity index is 1.35. The molecule has 4 rings (SSSR count). The summed E-state index contributed by atoms with van der Waals surface area (Å²) in [4.78, 5) is 29.7. The van der Waals surface area contributed by atoms with Crippen molar-refractivity contribution in [2.75, 3.05) is 37.6 Å². The number of rotatable bonds is 5. The van der Waals surface area contributed by atoms with Crippen LogP contribution in [-0.4, -0.2) is 62.4 Å². The standard InChI is InChI=1S/C20H23N7O/c1-16-13-22-20(23-14-16)26-10-7-25(8-11-26)9-12-27-19(28)5-4-18(24-27)17-3-2-6-21-15-17/h2-6,13-15H,7-12H2,1H3. The summed E-state index contributed by atoms with van der Waals surface area (Å²) in [6.45, 7) is 6.91. The fraction of sp³-hybridized carbons (Fsp3) is 0.350. The minimum atomic E-state index is -0.0840. The third-order valence-electron chi connectivity index (χ3n) is 4.87. The minimum absolute atomic E-state index is 0.0840. The second-order valence-corrected chi connectivity index (χ2v) is 6.91. The Hall–Kier alpha value is -3.13. The number of nitrogens with zero attached hydrogens (tertiary/aromatic N) is 7. The average molecular weight is 377 g/mol. The monoisotopic (exact) mass is 377 g/mol. The molecular weight excluding hydrogens is 354 g/mol. The topological polar surface area (TPSA) is 80.0 Å². The molecule has 0 saturated carbocycles. The Morgan fingerprint density at radius 1 is 0.964 bits per heavy atom. The van der Waals surface area contributed by atoms with Crippen LogP contribution in [0.15, 0.2) is 53.8 Å². The van der Waals surface area contributed by atoms with E-state index >= 15 is 0 Å². The van der Waals surface area contributed by atoms with Crippen molar-refractivity contribution in [2.45, 2.75) is 13.5 Å². The van der Waals surface area contributed by atoms with Gasteiger partial charge < -0.3 is 4.90 Å². The predicted molar refractivity (Wildman–Crippen MR) is 107 cm³/mol. The Labute approximate surface area is 163 Å². The molecule has 1 saturated heterocycles. The van der Waals surface area contributed by atoms with Gasteiger partial charge in [-0.25, -0.2) is 14.6 Å². The quantitative estimate of drug-likeness (QED) is 0.661. The van der Waals surface area contributed by atoms with Gasteiger partial charge >= 0.3 is 0 Å². The lowest BCUT2D eigenvalue weighted by molar-refractivity contribution is 0.242. The third kappa shape index (κ3) is 4.23. The number of hydrogen-bond acceptors (Lipinski definition) is 7.